The van der Waals surface area contributed by atoms with E-state index in [9.17, 15) is 0 Å². The van der Waals surface area contributed by atoms with Crippen molar-refractivity contribution in [3.63, 3.8) is 0 Å². The van der Waals surface area contributed by atoms with Crippen molar-refractivity contribution in [2.24, 2.45) is 0 Å². The van der Waals surface area contributed by atoms with E-state index in [1.807, 2.05) is 26.8 Å². The monoisotopic (exact) mass is 278 g/mol. The van der Waals surface area contributed by atoms with E-state index >= 15 is 0 Å². The minimum absolute atomic E-state index is 0.00635. The van der Waals surface area contributed by atoms with Gasteiger partial charge in [0, 0.05) is 13.1 Å². The molecule has 2 heterocycles. The Morgan fingerprint density at radius 1 is 1.25 bits per heavy atom. The van der Waals surface area contributed by atoms with Crippen LogP contribution in [0.3, 0.4) is 0 Å². The first kappa shape index (κ1) is 14.0. The molecule has 2 aromatic rings. The molecule has 0 amide bonds. The molecule has 0 saturated heterocycles. The highest BCUT2D eigenvalue weighted by atomic mass is 16.5. The normalized spacial score (nSPS) is 10.7. The van der Waals surface area contributed by atoms with Crippen molar-refractivity contribution < 1.29 is 9.26 Å². The lowest BCUT2D eigenvalue weighted by molar-refractivity contribution is 0.222. The fourth-order valence-electron chi connectivity index (χ4n) is 1.48. The molecule has 0 spiro atoms. The van der Waals surface area contributed by atoms with Gasteiger partial charge in [-0.15, -0.1) is 0 Å². The summed E-state index contributed by atoms with van der Waals surface area (Å²) >= 11 is 0. The van der Waals surface area contributed by atoms with Gasteiger partial charge in [-0.2, -0.15) is 15.0 Å². The van der Waals surface area contributed by atoms with Crippen molar-refractivity contribution in [2.75, 3.05) is 17.7 Å². The number of aryl methyl sites for hydroxylation is 1. The SMILES string of the molecule is CNc1nc(NCc2cc(C)on2)nc(OC(C)C)n1. The van der Waals surface area contributed by atoms with Crippen molar-refractivity contribution >= 4 is 11.9 Å². The molecular weight excluding hydrogens is 260 g/mol. The summed E-state index contributed by atoms with van der Waals surface area (Å²) < 4.78 is 10.5. The zero-order chi connectivity index (χ0) is 14.5. The van der Waals surface area contributed by atoms with Crippen LogP contribution in [0, 0.1) is 6.92 Å². The van der Waals surface area contributed by atoms with Crippen molar-refractivity contribution in [2.45, 2.75) is 33.4 Å². The molecule has 0 aliphatic heterocycles. The molecule has 0 fully saturated rings. The second-order valence-corrected chi connectivity index (χ2v) is 4.46. The molecule has 20 heavy (non-hydrogen) atoms. The average Bonchev–Trinajstić information content (AvgIpc) is 2.81. The molecule has 0 atom stereocenters. The van der Waals surface area contributed by atoms with E-state index < -0.39 is 0 Å². The van der Waals surface area contributed by atoms with Gasteiger partial charge in [0.15, 0.2) is 0 Å². The molecule has 0 aliphatic carbocycles. The van der Waals surface area contributed by atoms with Gasteiger partial charge in [0.05, 0.1) is 12.6 Å². The lowest BCUT2D eigenvalue weighted by Gasteiger charge is -2.10. The third-order valence-electron chi connectivity index (χ3n) is 2.28. The average molecular weight is 278 g/mol. The molecule has 8 heteroatoms. The first-order valence-corrected chi connectivity index (χ1v) is 6.33. The molecule has 2 N–H and O–H groups in total. The molecule has 0 bridgehead atoms. The smallest absolute Gasteiger partial charge is 0.323 e. The maximum atomic E-state index is 5.48. The summed E-state index contributed by atoms with van der Waals surface area (Å²) in [5, 5.41) is 9.81. The molecular formula is C12H18N6O2. The summed E-state index contributed by atoms with van der Waals surface area (Å²) in [6, 6.07) is 2.12. The lowest BCUT2D eigenvalue weighted by Crippen LogP contribution is -2.13. The van der Waals surface area contributed by atoms with Crippen LogP contribution in [-0.4, -0.2) is 33.3 Å². The number of rotatable bonds is 6. The predicted molar refractivity (Wildman–Crippen MR) is 73.7 cm³/mol. The van der Waals surface area contributed by atoms with Crippen molar-refractivity contribution in [1.29, 1.82) is 0 Å². The van der Waals surface area contributed by atoms with E-state index in [0.29, 0.717) is 18.4 Å². The second kappa shape index (κ2) is 6.18. The van der Waals surface area contributed by atoms with Crippen LogP contribution in [0.15, 0.2) is 10.6 Å². The van der Waals surface area contributed by atoms with Crippen LogP contribution in [0.4, 0.5) is 11.9 Å². The van der Waals surface area contributed by atoms with Crippen LogP contribution in [-0.2, 0) is 6.54 Å². The van der Waals surface area contributed by atoms with Crippen LogP contribution < -0.4 is 15.4 Å². The van der Waals surface area contributed by atoms with E-state index in [1.54, 1.807) is 7.05 Å². The molecule has 2 aromatic heterocycles. The second-order valence-electron chi connectivity index (χ2n) is 4.46. The van der Waals surface area contributed by atoms with E-state index in [1.165, 1.54) is 0 Å². The van der Waals surface area contributed by atoms with Gasteiger partial charge < -0.3 is 19.9 Å². The summed E-state index contributed by atoms with van der Waals surface area (Å²) in [5.41, 5.74) is 0.778. The third-order valence-corrected chi connectivity index (χ3v) is 2.28. The van der Waals surface area contributed by atoms with Crippen LogP contribution in [0.5, 0.6) is 6.01 Å². The van der Waals surface area contributed by atoms with E-state index in [0.717, 1.165) is 11.5 Å². The van der Waals surface area contributed by atoms with Gasteiger partial charge in [0.2, 0.25) is 11.9 Å². The van der Waals surface area contributed by atoms with E-state index in [-0.39, 0.29) is 12.1 Å². The molecule has 0 radical (unpaired) electrons. The fourth-order valence-corrected chi connectivity index (χ4v) is 1.48. The number of anilines is 2. The van der Waals surface area contributed by atoms with Gasteiger partial charge in [-0.3, -0.25) is 0 Å². The van der Waals surface area contributed by atoms with Crippen LogP contribution in [0.25, 0.3) is 0 Å². The van der Waals surface area contributed by atoms with Gasteiger partial charge in [-0.1, -0.05) is 5.16 Å². The standard InChI is InChI=1S/C12H18N6O2/c1-7(2)19-12-16-10(13-4)15-11(17-12)14-6-9-5-8(3)20-18-9/h5,7H,6H2,1-4H3,(H2,13,14,15,16,17). The topological polar surface area (TPSA) is 98.0 Å². The highest BCUT2D eigenvalue weighted by Crippen LogP contribution is 2.13. The minimum Gasteiger partial charge on any atom is -0.461 e. The van der Waals surface area contributed by atoms with E-state index in [4.69, 9.17) is 9.26 Å². The summed E-state index contributed by atoms with van der Waals surface area (Å²) in [7, 11) is 1.74. The molecule has 2 rings (SSSR count). The summed E-state index contributed by atoms with van der Waals surface area (Å²) in [5.74, 6) is 1.62. The molecule has 0 saturated carbocycles. The number of aromatic nitrogens is 4. The van der Waals surface area contributed by atoms with Crippen molar-refractivity contribution in [3.05, 3.63) is 17.5 Å². The number of nitrogens with one attached hydrogen (secondary N) is 2. The number of hydrogen-bond donors (Lipinski definition) is 2. The predicted octanol–water partition coefficient (Wildman–Crippen LogP) is 1.61. The third kappa shape index (κ3) is 3.81. The zero-order valence-electron chi connectivity index (χ0n) is 12.0. The van der Waals surface area contributed by atoms with E-state index in [2.05, 4.69) is 30.7 Å². The van der Waals surface area contributed by atoms with Gasteiger partial charge >= 0.3 is 6.01 Å². The Morgan fingerprint density at radius 3 is 2.60 bits per heavy atom. The Balaban J connectivity index is 2.09. The summed E-state index contributed by atoms with van der Waals surface area (Å²) in [4.78, 5) is 12.5. The van der Waals surface area contributed by atoms with Gasteiger partial charge in [0.1, 0.15) is 11.5 Å². The lowest BCUT2D eigenvalue weighted by atomic mass is 10.4. The quantitative estimate of drug-likeness (QED) is 0.822. The van der Waals surface area contributed by atoms with Gasteiger partial charge in [0.25, 0.3) is 0 Å². The molecule has 108 valence electrons. The number of hydrogen-bond acceptors (Lipinski definition) is 8. The maximum absolute atomic E-state index is 5.48. The van der Waals surface area contributed by atoms with Crippen LogP contribution in [0.1, 0.15) is 25.3 Å². The first-order valence-electron chi connectivity index (χ1n) is 6.33. The number of nitrogens with zero attached hydrogens (tertiary/aromatic N) is 4. The molecule has 0 aromatic carbocycles. The van der Waals surface area contributed by atoms with Crippen LogP contribution >= 0.6 is 0 Å². The highest BCUT2D eigenvalue weighted by molar-refractivity contribution is 5.35. The van der Waals surface area contributed by atoms with Gasteiger partial charge in [-0.25, -0.2) is 0 Å². The molecule has 0 aliphatic rings. The highest BCUT2D eigenvalue weighted by Gasteiger charge is 2.09. The van der Waals surface area contributed by atoms with Crippen LogP contribution in [0.2, 0.25) is 0 Å². The minimum atomic E-state index is -0.00635. The molecule has 0 unspecified atom stereocenters. The summed E-state index contributed by atoms with van der Waals surface area (Å²) in [6.07, 6.45) is -0.00635. The first-order chi connectivity index (χ1) is 9.56. The largest absolute Gasteiger partial charge is 0.461 e. The van der Waals surface area contributed by atoms with Gasteiger partial charge in [-0.05, 0) is 20.8 Å². The fraction of sp³-hybridized carbons (Fsp3) is 0.500. The maximum Gasteiger partial charge on any atom is 0.323 e. The van der Waals surface area contributed by atoms with Crippen molar-refractivity contribution in [1.82, 2.24) is 20.1 Å². The Labute approximate surface area is 117 Å². The molecule has 8 nitrogen and oxygen atoms in total. The Bertz CT molecular complexity index is 569. The zero-order valence-corrected chi connectivity index (χ0v) is 12.0. The van der Waals surface area contributed by atoms with Crippen molar-refractivity contribution in [3.8, 4) is 6.01 Å². The Hall–Kier alpha value is -2.38. The Kier molecular flexibility index (Phi) is 4.34. The Morgan fingerprint density at radius 2 is 2.00 bits per heavy atom. The summed E-state index contributed by atoms with van der Waals surface area (Å²) in [6.45, 7) is 6.13. The number of ether oxygens (including phenoxy) is 1.